The van der Waals surface area contributed by atoms with Gasteiger partial charge >= 0.3 is 5.69 Å². The number of anilines is 1. The number of hydrogen-bond acceptors (Lipinski definition) is 3. The van der Waals surface area contributed by atoms with Crippen LogP contribution in [0, 0.1) is 5.82 Å². The lowest BCUT2D eigenvalue weighted by Crippen LogP contribution is -2.25. The highest BCUT2D eigenvalue weighted by Gasteiger charge is 2.07. The Hall–Kier alpha value is -2.41. The normalized spacial score (nSPS) is 10.3. The SMILES string of the molecule is O=C(Cc1cc(=O)[nH]c(=O)[nH]1)Nc1ccc(F)c(Cl)c1. The van der Waals surface area contributed by atoms with E-state index in [0.717, 1.165) is 12.1 Å². The summed E-state index contributed by atoms with van der Waals surface area (Å²) in [5.41, 5.74) is -0.801. The molecule has 1 aromatic heterocycles. The number of carbonyl (C=O) groups excluding carboxylic acids is 1. The van der Waals surface area contributed by atoms with Crippen molar-refractivity contribution in [2.24, 2.45) is 0 Å². The summed E-state index contributed by atoms with van der Waals surface area (Å²) < 4.78 is 12.9. The fraction of sp³-hybridized carbons (Fsp3) is 0.0833. The highest BCUT2D eigenvalue weighted by atomic mass is 35.5. The van der Waals surface area contributed by atoms with Crippen molar-refractivity contribution in [3.05, 3.63) is 61.6 Å². The average Bonchev–Trinajstić information content (AvgIpc) is 2.32. The lowest BCUT2D eigenvalue weighted by Gasteiger charge is -2.05. The Morgan fingerprint density at radius 3 is 2.65 bits per heavy atom. The number of hydrogen-bond donors (Lipinski definition) is 3. The number of aromatic nitrogens is 2. The second-order valence-electron chi connectivity index (χ2n) is 3.97. The van der Waals surface area contributed by atoms with E-state index in [-0.39, 0.29) is 17.1 Å². The first kappa shape index (κ1) is 14.0. The van der Waals surface area contributed by atoms with Gasteiger partial charge in [-0.3, -0.25) is 14.6 Å². The maximum absolute atomic E-state index is 12.9. The maximum atomic E-state index is 12.9. The molecule has 0 saturated carbocycles. The van der Waals surface area contributed by atoms with E-state index in [4.69, 9.17) is 11.6 Å². The van der Waals surface area contributed by atoms with Gasteiger partial charge in [-0.2, -0.15) is 0 Å². The molecule has 3 N–H and O–H groups in total. The minimum Gasteiger partial charge on any atom is -0.326 e. The predicted octanol–water partition coefficient (Wildman–Crippen LogP) is 1.04. The monoisotopic (exact) mass is 297 g/mol. The molecule has 1 heterocycles. The summed E-state index contributed by atoms with van der Waals surface area (Å²) in [5.74, 6) is -1.07. The quantitative estimate of drug-likeness (QED) is 0.790. The molecule has 0 aliphatic heterocycles. The summed E-state index contributed by atoms with van der Waals surface area (Å²) in [4.78, 5) is 38.1. The molecule has 0 bridgehead atoms. The Labute approximate surface area is 116 Å². The third-order valence-electron chi connectivity index (χ3n) is 2.37. The number of carbonyl (C=O) groups is 1. The fourth-order valence-corrected chi connectivity index (χ4v) is 1.75. The standard InChI is InChI=1S/C12H9ClFN3O3/c13-8-3-6(1-2-9(8)14)15-10(18)4-7-5-11(19)17-12(20)16-7/h1-3,5H,4H2,(H,15,18)(H2,16,17,19,20). The predicted molar refractivity (Wildman–Crippen MR) is 71.4 cm³/mol. The van der Waals surface area contributed by atoms with Gasteiger partial charge in [0.2, 0.25) is 5.91 Å². The van der Waals surface area contributed by atoms with Gasteiger partial charge < -0.3 is 10.3 Å². The van der Waals surface area contributed by atoms with Gasteiger partial charge in [0.1, 0.15) is 5.82 Å². The first-order valence-electron chi connectivity index (χ1n) is 5.51. The minimum absolute atomic E-state index is 0.118. The molecule has 0 aliphatic rings. The van der Waals surface area contributed by atoms with Gasteiger partial charge in [0.25, 0.3) is 5.56 Å². The summed E-state index contributed by atoms with van der Waals surface area (Å²) in [6.07, 6.45) is -0.200. The van der Waals surface area contributed by atoms with Crippen LogP contribution >= 0.6 is 11.6 Å². The number of nitrogens with one attached hydrogen (secondary N) is 3. The first-order chi connectivity index (χ1) is 9.44. The van der Waals surface area contributed by atoms with E-state index in [1.54, 1.807) is 0 Å². The van der Waals surface area contributed by atoms with Crippen LogP contribution in [0.1, 0.15) is 5.69 Å². The van der Waals surface area contributed by atoms with Crippen molar-refractivity contribution in [3.8, 4) is 0 Å². The largest absolute Gasteiger partial charge is 0.326 e. The van der Waals surface area contributed by atoms with Crippen LogP contribution < -0.4 is 16.6 Å². The summed E-state index contributed by atoms with van der Waals surface area (Å²) in [6, 6.07) is 4.83. The van der Waals surface area contributed by atoms with Crippen LogP contribution in [-0.4, -0.2) is 15.9 Å². The van der Waals surface area contributed by atoms with Gasteiger partial charge in [-0.05, 0) is 18.2 Å². The Balaban J connectivity index is 2.10. The Bertz CT molecular complexity index is 741. The molecule has 6 nitrogen and oxygen atoms in total. The summed E-state index contributed by atoms with van der Waals surface area (Å²) in [5, 5.41) is 2.35. The zero-order valence-corrected chi connectivity index (χ0v) is 10.8. The van der Waals surface area contributed by atoms with Gasteiger partial charge in [-0.1, -0.05) is 11.6 Å². The molecule has 1 aromatic carbocycles. The second kappa shape index (κ2) is 5.70. The molecule has 0 atom stereocenters. The van der Waals surface area contributed by atoms with Gasteiger partial charge in [0, 0.05) is 17.4 Å². The molecule has 0 saturated heterocycles. The highest BCUT2D eigenvalue weighted by Crippen LogP contribution is 2.19. The number of amides is 1. The van der Waals surface area contributed by atoms with Gasteiger partial charge in [0.15, 0.2) is 0 Å². The lowest BCUT2D eigenvalue weighted by molar-refractivity contribution is -0.115. The zero-order chi connectivity index (χ0) is 14.7. The molecule has 0 fully saturated rings. The van der Waals surface area contributed by atoms with Crippen LogP contribution in [0.3, 0.4) is 0 Å². The Morgan fingerprint density at radius 2 is 2.00 bits per heavy atom. The van der Waals surface area contributed by atoms with Crippen LogP contribution in [0.5, 0.6) is 0 Å². The number of halogens is 2. The fourth-order valence-electron chi connectivity index (χ4n) is 1.57. The molecule has 104 valence electrons. The van der Waals surface area contributed by atoms with Gasteiger partial charge in [-0.25, -0.2) is 9.18 Å². The molecule has 0 radical (unpaired) electrons. The third kappa shape index (κ3) is 3.55. The molecule has 0 spiro atoms. The molecule has 2 rings (SSSR count). The van der Waals surface area contributed by atoms with Crippen LogP contribution in [0.25, 0.3) is 0 Å². The topological polar surface area (TPSA) is 94.8 Å². The average molecular weight is 298 g/mol. The van der Waals surface area contributed by atoms with E-state index in [2.05, 4.69) is 10.3 Å². The number of H-pyrrole nitrogens is 2. The molecule has 0 unspecified atom stereocenters. The van der Waals surface area contributed by atoms with E-state index < -0.39 is 23.0 Å². The van der Waals surface area contributed by atoms with Crippen LogP contribution in [0.15, 0.2) is 33.9 Å². The molecule has 0 aliphatic carbocycles. The molecule has 1 amide bonds. The molecular weight excluding hydrogens is 289 g/mol. The van der Waals surface area contributed by atoms with Gasteiger partial charge in [0.05, 0.1) is 11.4 Å². The van der Waals surface area contributed by atoms with Crippen molar-refractivity contribution in [3.63, 3.8) is 0 Å². The molecule has 20 heavy (non-hydrogen) atoms. The second-order valence-corrected chi connectivity index (χ2v) is 4.37. The van der Waals surface area contributed by atoms with E-state index in [1.807, 2.05) is 4.98 Å². The van der Waals surface area contributed by atoms with E-state index in [0.29, 0.717) is 5.69 Å². The van der Waals surface area contributed by atoms with Crippen molar-refractivity contribution >= 4 is 23.2 Å². The highest BCUT2D eigenvalue weighted by molar-refractivity contribution is 6.31. The van der Waals surface area contributed by atoms with Crippen molar-refractivity contribution in [1.82, 2.24) is 9.97 Å². The Kier molecular flexibility index (Phi) is 3.99. The third-order valence-corrected chi connectivity index (χ3v) is 2.66. The van der Waals surface area contributed by atoms with Crippen LogP contribution in [-0.2, 0) is 11.2 Å². The van der Waals surface area contributed by atoms with Gasteiger partial charge in [-0.15, -0.1) is 0 Å². The Morgan fingerprint density at radius 1 is 1.25 bits per heavy atom. The number of rotatable bonds is 3. The van der Waals surface area contributed by atoms with E-state index in [1.165, 1.54) is 12.1 Å². The van der Waals surface area contributed by atoms with Crippen LogP contribution in [0.4, 0.5) is 10.1 Å². The lowest BCUT2D eigenvalue weighted by atomic mass is 10.2. The maximum Gasteiger partial charge on any atom is 0.325 e. The summed E-state index contributed by atoms with van der Waals surface area (Å²) >= 11 is 5.58. The molecular formula is C12H9ClFN3O3. The smallest absolute Gasteiger partial charge is 0.325 e. The molecule has 2 aromatic rings. The molecule has 8 heteroatoms. The van der Waals surface area contributed by atoms with Crippen LogP contribution in [0.2, 0.25) is 5.02 Å². The minimum atomic E-state index is -0.690. The summed E-state index contributed by atoms with van der Waals surface area (Å²) in [7, 11) is 0. The van der Waals surface area contributed by atoms with Crippen molar-refractivity contribution in [1.29, 1.82) is 0 Å². The number of benzene rings is 1. The van der Waals surface area contributed by atoms with E-state index >= 15 is 0 Å². The zero-order valence-electron chi connectivity index (χ0n) is 10.00. The van der Waals surface area contributed by atoms with Crippen molar-refractivity contribution in [2.45, 2.75) is 6.42 Å². The number of aromatic amines is 2. The summed E-state index contributed by atoms with van der Waals surface area (Å²) in [6.45, 7) is 0. The first-order valence-corrected chi connectivity index (χ1v) is 5.89. The van der Waals surface area contributed by atoms with Crippen molar-refractivity contribution in [2.75, 3.05) is 5.32 Å². The van der Waals surface area contributed by atoms with E-state index in [9.17, 15) is 18.8 Å². The van der Waals surface area contributed by atoms with Crippen molar-refractivity contribution < 1.29 is 9.18 Å².